The molecule has 0 aliphatic rings. The molecule has 6 nitrogen and oxygen atoms in total. The normalized spacial score (nSPS) is 12.1. The van der Waals surface area contributed by atoms with Gasteiger partial charge in [-0.2, -0.15) is 0 Å². The van der Waals surface area contributed by atoms with Crippen molar-refractivity contribution < 1.29 is 17.9 Å². The highest BCUT2D eigenvalue weighted by molar-refractivity contribution is 7.92. The Bertz CT molecular complexity index is 1200. The number of carbonyl (C=O) groups excluding carboxylic acids is 1. The largest absolute Gasteiger partial charge is 0.497 e. The van der Waals surface area contributed by atoms with Crippen molar-refractivity contribution in [2.75, 3.05) is 11.8 Å². The number of carbonyl (C=O) groups is 1. The summed E-state index contributed by atoms with van der Waals surface area (Å²) in [6.45, 7) is 5.58. The first kappa shape index (κ1) is 23.3. The van der Waals surface area contributed by atoms with Gasteiger partial charge in [0.2, 0.25) is 0 Å². The van der Waals surface area contributed by atoms with Crippen LogP contribution in [0, 0.1) is 13.8 Å². The van der Waals surface area contributed by atoms with E-state index in [-0.39, 0.29) is 22.4 Å². The highest BCUT2D eigenvalue weighted by Crippen LogP contribution is 2.23. The van der Waals surface area contributed by atoms with Gasteiger partial charge in [0.15, 0.2) is 0 Å². The second kappa shape index (κ2) is 9.87. The van der Waals surface area contributed by atoms with Crippen LogP contribution in [0.25, 0.3) is 0 Å². The molecule has 0 fully saturated rings. The zero-order valence-electron chi connectivity index (χ0n) is 18.7. The number of anilines is 1. The molecule has 0 bridgehead atoms. The van der Waals surface area contributed by atoms with E-state index in [2.05, 4.69) is 10.0 Å². The van der Waals surface area contributed by atoms with Crippen LogP contribution in [0.4, 0.5) is 5.69 Å². The molecule has 0 radical (unpaired) electrons. The molecule has 3 aromatic rings. The Morgan fingerprint density at radius 1 is 1.00 bits per heavy atom. The van der Waals surface area contributed by atoms with Gasteiger partial charge in [-0.05, 0) is 73.4 Å². The van der Waals surface area contributed by atoms with Crippen LogP contribution in [0.15, 0.2) is 71.6 Å². The number of methoxy groups -OCH3 is 1. The summed E-state index contributed by atoms with van der Waals surface area (Å²) >= 11 is 0. The van der Waals surface area contributed by atoms with Crippen molar-refractivity contribution in [3.05, 3.63) is 89.0 Å². The summed E-state index contributed by atoms with van der Waals surface area (Å²) in [5, 5.41) is 3.00. The molecule has 168 valence electrons. The predicted molar refractivity (Wildman–Crippen MR) is 127 cm³/mol. The van der Waals surface area contributed by atoms with E-state index in [0.717, 1.165) is 16.9 Å². The van der Waals surface area contributed by atoms with Crippen LogP contribution >= 0.6 is 0 Å². The number of nitrogens with one attached hydrogen (secondary N) is 2. The van der Waals surface area contributed by atoms with Gasteiger partial charge in [-0.3, -0.25) is 9.52 Å². The van der Waals surface area contributed by atoms with Crippen LogP contribution in [-0.2, 0) is 10.0 Å². The number of amides is 1. The Kier molecular flexibility index (Phi) is 7.20. The lowest BCUT2D eigenvalue weighted by Gasteiger charge is -2.18. The molecule has 0 aliphatic heterocycles. The van der Waals surface area contributed by atoms with E-state index in [1.807, 2.05) is 44.2 Å². The fraction of sp³-hybridized carbons (Fsp3) is 0.240. The number of benzene rings is 3. The molecule has 2 N–H and O–H groups in total. The van der Waals surface area contributed by atoms with Crippen LogP contribution in [0.5, 0.6) is 5.75 Å². The highest BCUT2D eigenvalue weighted by atomic mass is 32.2. The molecule has 3 aromatic carbocycles. The number of hydrogen-bond donors (Lipinski definition) is 2. The molecule has 0 spiro atoms. The van der Waals surface area contributed by atoms with Crippen molar-refractivity contribution in [2.24, 2.45) is 0 Å². The van der Waals surface area contributed by atoms with Gasteiger partial charge < -0.3 is 10.1 Å². The lowest BCUT2D eigenvalue weighted by molar-refractivity contribution is 0.0935. The van der Waals surface area contributed by atoms with E-state index in [4.69, 9.17) is 4.74 Å². The van der Waals surface area contributed by atoms with Gasteiger partial charge >= 0.3 is 0 Å². The van der Waals surface area contributed by atoms with Crippen LogP contribution in [-0.4, -0.2) is 21.4 Å². The first-order valence-corrected chi connectivity index (χ1v) is 11.9. The third kappa shape index (κ3) is 5.48. The van der Waals surface area contributed by atoms with Crippen molar-refractivity contribution in [3.8, 4) is 5.75 Å². The van der Waals surface area contributed by atoms with Crippen LogP contribution in [0.3, 0.4) is 0 Å². The Morgan fingerprint density at radius 2 is 1.72 bits per heavy atom. The first-order valence-electron chi connectivity index (χ1n) is 10.4. The van der Waals surface area contributed by atoms with Gasteiger partial charge in [-0.1, -0.05) is 37.3 Å². The monoisotopic (exact) mass is 452 g/mol. The van der Waals surface area contributed by atoms with Gasteiger partial charge in [-0.15, -0.1) is 0 Å². The molecule has 32 heavy (non-hydrogen) atoms. The molecule has 0 heterocycles. The fourth-order valence-electron chi connectivity index (χ4n) is 3.45. The molecule has 0 unspecified atom stereocenters. The zero-order valence-corrected chi connectivity index (χ0v) is 19.5. The Hall–Kier alpha value is -3.32. The topological polar surface area (TPSA) is 84.5 Å². The standard InChI is InChI=1S/C25H28N2O4S/c1-5-23(19-11-13-22(31-4)14-12-19)26-25(28)20-10-9-18(3)24(16-20)32(29,30)27-21-8-6-7-17(2)15-21/h6-16,23,27H,5H2,1-4H3,(H,26,28)/t23-/m1/s1. The molecule has 7 heteroatoms. The lowest BCUT2D eigenvalue weighted by Crippen LogP contribution is -2.28. The minimum Gasteiger partial charge on any atom is -0.497 e. The van der Waals surface area contributed by atoms with Crippen molar-refractivity contribution in [3.63, 3.8) is 0 Å². The second-order valence-electron chi connectivity index (χ2n) is 7.66. The zero-order chi connectivity index (χ0) is 23.3. The number of ether oxygens (including phenoxy) is 1. The maximum absolute atomic E-state index is 13.0. The third-order valence-corrected chi connectivity index (χ3v) is 6.77. The maximum Gasteiger partial charge on any atom is 0.262 e. The number of sulfonamides is 1. The fourth-order valence-corrected chi connectivity index (χ4v) is 4.77. The highest BCUT2D eigenvalue weighted by Gasteiger charge is 2.21. The molecule has 0 aromatic heterocycles. The average molecular weight is 453 g/mol. The smallest absolute Gasteiger partial charge is 0.262 e. The molecule has 1 amide bonds. The molecule has 0 aliphatic carbocycles. The minimum absolute atomic E-state index is 0.0733. The van der Waals surface area contributed by atoms with Crippen LogP contribution in [0.1, 0.15) is 46.4 Å². The van der Waals surface area contributed by atoms with Gasteiger partial charge in [-0.25, -0.2) is 8.42 Å². The lowest BCUT2D eigenvalue weighted by atomic mass is 10.0. The summed E-state index contributed by atoms with van der Waals surface area (Å²) in [7, 11) is -2.25. The van der Waals surface area contributed by atoms with E-state index in [9.17, 15) is 13.2 Å². The van der Waals surface area contributed by atoms with Crippen molar-refractivity contribution in [1.82, 2.24) is 5.32 Å². The Morgan fingerprint density at radius 3 is 2.34 bits per heavy atom. The van der Waals surface area contributed by atoms with E-state index < -0.39 is 10.0 Å². The van der Waals surface area contributed by atoms with E-state index in [0.29, 0.717) is 17.7 Å². The van der Waals surface area contributed by atoms with Gasteiger partial charge in [0, 0.05) is 11.3 Å². The van der Waals surface area contributed by atoms with E-state index >= 15 is 0 Å². The molecular formula is C25H28N2O4S. The summed E-state index contributed by atoms with van der Waals surface area (Å²) in [4.78, 5) is 13.0. The predicted octanol–water partition coefficient (Wildman–Crippen LogP) is 4.99. The summed E-state index contributed by atoms with van der Waals surface area (Å²) < 4.78 is 33.8. The minimum atomic E-state index is -3.85. The van der Waals surface area contributed by atoms with E-state index in [1.54, 1.807) is 44.4 Å². The first-order chi connectivity index (χ1) is 15.2. The second-order valence-corrected chi connectivity index (χ2v) is 9.31. The maximum atomic E-state index is 13.0. The quantitative estimate of drug-likeness (QED) is 0.504. The SMILES string of the molecule is CC[C@@H](NC(=O)c1ccc(C)c(S(=O)(=O)Nc2cccc(C)c2)c1)c1ccc(OC)cc1. The molecule has 3 rings (SSSR count). The van der Waals surface area contributed by atoms with Crippen LogP contribution < -0.4 is 14.8 Å². The van der Waals surface area contributed by atoms with Crippen LogP contribution in [0.2, 0.25) is 0 Å². The molecular weight excluding hydrogens is 424 g/mol. The summed E-state index contributed by atoms with van der Waals surface area (Å²) in [5.74, 6) is 0.407. The summed E-state index contributed by atoms with van der Waals surface area (Å²) in [6.07, 6.45) is 0.685. The number of hydrogen-bond acceptors (Lipinski definition) is 4. The van der Waals surface area contributed by atoms with Gasteiger partial charge in [0.1, 0.15) is 5.75 Å². The molecule has 1 atom stereocenters. The summed E-state index contributed by atoms with van der Waals surface area (Å²) in [5.41, 5.74) is 3.21. The van der Waals surface area contributed by atoms with Crippen molar-refractivity contribution in [1.29, 1.82) is 0 Å². The molecule has 0 saturated heterocycles. The molecule has 0 saturated carbocycles. The van der Waals surface area contributed by atoms with Crippen molar-refractivity contribution in [2.45, 2.75) is 38.1 Å². The third-order valence-electron chi connectivity index (χ3n) is 5.24. The number of aryl methyl sites for hydroxylation is 2. The van der Waals surface area contributed by atoms with Gasteiger partial charge in [0.25, 0.3) is 15.9 Å². The number of rotatable bonds is 8. The Balaban J connectivity index is 1.84. The Labute approximate surface area is 189 Å². The van der Waals surface area contributed by atoms with Gasteiger partial charge in [0.05, 0.1) is 18.0 Å². The van der Waals surface area contributed by atoms with E-state index in [1.165, 1.54) is 6.07 Å². The summed E-state index contributed by atoms with van der Waals surface area (Å²) in [6, 6.07) is 19.1. The van der Waals surface area contributed by atoms with Crippen molar-refractivity contribution >= 4 is 21.6 Å². The average Bonchev–Trinajstić information content (AvgIpc) is 2.77.